The van der Waals surface area contributed by atoms with Crippen LogP contribution in [0.5, 0.6) is 0 Å². The van der Waals surface area contributed by atoms with E-state index in [-0.39, 0.29) is 5.97 Å². The predicted molar refractivity (Wildman–Crippen MR) is 54.3 cm³/mol. The fourth-order valence-corrected chi connectivity index (χ4v) is 1.50. The van der Waals surface area contributed by atoms with Crippen molar-refractivity contribution >= 4 is 23.2 Å². The highest BCUT2D eigenvalue weighted by molar-refractivity contribution is 7.80. The molecule has 1 aliphatic heterocycles. The normalized spacial score (nSPS) is 16.9. The van der Waals surface area contributed by atoms with Crippen LogP contribution in [0.4, 0.5) is 0 Å². The molecule has 0 fully saturated rings. The van der Waals surface area contributed by atoms with Crippen LogP contribution in [0.1, 0.15) is 26.7 Å². The molecule has 0 unspecified atom stereocenters. The van der Waals surface area contributed by atoms with Gasteiger partial charge in [0.05, 0.1) is 17.2 Å². The zero-order valence-corrected chi connectivity index (χ0v) is 8.66. The van der Waals surface area contributed by atoms with Crippen LogP contribution in [0, 0.1) is 0 Å². The van der Waals surface area contributed by atoms with E-state index in [9.17, 15) is 4.79 Å². The Labute approximate surface area is 83.1 Å². The molecule has 0 atom stereocenters. The molecule has 1 N–H and O–H groups in total. The number of rotatable bonds is 2. The van der Waals surface area contributed by atoms with E-state index in [4.69, 9.17) is 17.0 Å². The van der Waals surface area contributed by atoms with Crippen molar-refractivity contribution in [3.8, 4) is 0 Å². The van der Waals surface area contributed by atoms with Crippen molar-refractivity contribution in [2.45, 2.75) is 26.7 Å². The second-order valence-corrected chi connectivity index (χ2v) is 3.36. The van der Waals surface area contributed by atoms with Gasteiger partial charge in [0.2, 0.25) is 0 Å². The van der Waals surface area contributed by atoms with E-state index in [0.717, 1.165) is 22.7 Å². The van der Waals surface area contributed by atoms with Gasteiger partial charge in [-0.1, -0.05) is 12.2 Å². The maximum atomic E-state index is 11.4. The Morgan fingerprint density at radius 1 is 1.62 bits per heavy atom. The lowest BCUT2D eigenvalue weighted by molar-refractivity contribution is -0.138. The summed E-state index contributed by atoms with van der Waals surface area (Å²) in [6.07, 6.45) is 1.43. The number of carbonyl (C=O) groups is 1. The monoisotopic (exact) mass is 199 g/mol. The van der Waals surface area contributed by atoms with Crippen molar-refractivity contribution in [3.05, 3.63) is 11.3 Å². The average Bonchev–Trinajstić information content (AvgIpc) is 2.04. The molecule has 1 heterocycles. The fourth-order valence-electron chi connectivity index (χ4n) is 1.25. The third kappa shape index (κ3) is 2.52. The van der Waals surface area contributed by atoms with E-state index < -0.39 is 0 Å². The van der Waals surface area contributed by atoms with Crippen molar-refractivity contribution < 1.29 is 9.53 Å². The van der Waals surface area contributed by atoms with Gasteiger partial charge < -0.3 is 10.1 Å². The van der Waals surface area contributed by atoms with Gasteiger partial charge in [-0.2, -0.15) is 0 Å². The molecule has 3 nitrogen and oxygen atoms in total. The van der Waals surface area contributed by atoms with Crippen molar-refractivity contribution in [2.24, 2.45) is 0 Å². The van der Waals surface area contributed by atoms with E-state index in [1.54, 1.807) is 6.92 Å². The molecular weight excluding hydrogens is 186 g/mol. The third-order valence-electron chi connectivity index (χ3n) is 1.90. The van der Waals surface area contributed by atoms with Crippen molar-refractivity contribution in [1.29, 1.82) is 0 Å². The minimum atomic E-state index is -0.227. The number of esters is 1. The van der Waals surface area contributed by atoms with E-state index in [1.165, 1.54) is 0 Å². The number of allylic oxidation sites excluding steroid dienone is 1. The SMILES string of the molecule is CCOC(=O)C1=C(C)NC(=S)CC1. The number of hydrogen-bond acceptors (Lipinski definition) is 3. The summed E-state index contributed by atoms with van der Waals surface area (Å²) in [5.74, 6) is -0.227. The molecule has 0 aromatic carbocycles. The van der Waals surface area contributed by atoms with Gasteiger partial charge in [-0.15, -0.1) is 0 Å². The number of nitrogens with one attached hydrogen (secondary N) is 1. The molecule has 0 spiro atoms. The minimum absolute atomic E-state index is 0.227. The molecule has 0 aromatic heterocycles. The fraction of sp³-hybridized carbons (Fsp3) is 0.556. The maximum absolute atomic E-state index is 11.4. The summed E-state index contributed by atoms with van der Waals surface area (Å²) in [4.78, 5) is 12.1. The summed E-state index contributed by atoms with van der Waals surface area (Å²) in [7, 11) is 0. The molecule has 1 rings (SSSR count). The first-order chi connectivity index (χ1) is 6.15. The van der Waals surface area contributed by atoms with E-state index in [1.807, 2.05) is 6.92 Å². The van der Waals surface area contributed by atoms with Crippen LogP contribution in [0.15, 0.2) is 11.3 Å². The number of ether oxygens (including phenoxy) is 1. The van der Waals surface area contributed by atoms with Gasteiger partial charge >= 0.3 is 5.97 Å². The van der Waals surface area contributed by atoms with Gasteiger partial charge in [-0.3, -0.25) is 0 Å². The lowest BCUT2D eigenvalue weighted by Gasteiger charge is -2.18. The predicted octanol–water partition coefficient (Wildman–Crippen LogP) is 1.53. The topological polar surface area (TPSA) is 38.3 Å². The van der Waals surface area contributed by atoms with E-state index in [2.05, 4.69) is 5.32 Å². The Morgan fingerprint density at radius 2 is 2.31 bits per heavy atom. The van der Waals surface area contributed by atoms with Gasteiger partial charge in [0, 0.05) is 12.1 Å². The molecule has 13 heavy (non-hydrogen) atoms. The third-order valence-corrected chi connectivity index (χ3v) is 2.21. The molecule has 4 heteroatoms. The smallest absolute Gasteiger partial charge is 0.335 e. The van der Waals surface area contributed by atoms with Crippen LogP contribution in [0.3, 0.4) is 0 Å². The summed E-state index contributed by atoms with van der Waals surface area (Å²) in [6, 6.07) is 0. The molecule has 0 amide bonds. The summed E-state index contributed by atoms with van der Waals surface area (Å²) < 4.78 is 4.91. The first kappa shape index (κ1) is 10.2. The highest BCUT2D eigenvalue weighted by atomic mass is 32.1. The molecule has 0 saturated carbocycles. The first-order valence-electron chi connectivity index (χ1n) is 4.32. The number of thiocarbonyl (C=S) groups is 1. The Kier molecular flexibility index (Phi) is 3.42. The van der Waals surface area contributed by atoms with Crippen LogP contribution in [0.2, 0.25) is 0 Å². The molecule has 1 aliphatic rings. The number of hydrogen-bond donors (Lipinski definition) is 1. The van der Waals surface area contributed by atoms with Crippen LogP contribution in [-0.2, 0) is 9.53 Å². The Hall–Kier alpha value is -0.900. The van der Waals surface area contributed by atoms with Crippen molar-refractivity contribution in [3.63, 3.8) is 0 Å². The zero-order valence-electron chi connectivity index (χ0n) is 7.85. The van der Waals surface area contributed by atoms with Gasteiger partial charge in [-0.05, 0) is 20.3 Å². The van der Waals surface area contributed by atoms with Gasteiger partial charge in [0.1, 0.15) is 0 Å². The Morgan fingerprint density at radius 3 is 2.85 bits per heavy atom. The summed E-state index contributed by atoms with van der Waals surface area (Å²) in [5.41, 5.74) is 1.55. The first-order valence-corrected chi connectivity index (χ1v) is 4.72. The Balaban J connectivity index is 2.73. The lowest BCUT2D eigenvalue weighted by Crippen LogP contribution is -2.28. The Bertz CT molecular complexity index is 271. The average molecular weight is 199 g/mol. The molecule has 72 valence electrons. The quantitative estimate of drug-likeness (QED) is 0.540. The second-order valence-electron chi connectivity index (χ2n) is 2.87. The van der Waals surface area contributed by atoms with E-state index in [0.29, 0.717) is 13.0 Å². The summed E-state index contributed by atoms with van der Waals surface area (Å²) >= 11 is 4.99. The zero-order chi connectivity index (χ0) is 9.84. The highest BCUT2D eigenvalue weighted by Crippen LogP contribution is 2.16. The molecule has 0 aromatic rings. The van der Waals surface area contributed by atoms with Crippen molar-refractivity contribution in [2.75, 3.05) is 6.61 Å². The van der Waals surface area contributed by atoms with E-state index >= 15 is 0 Å². The summed E-state index contributed by atoms with van der Waals surface area (Å²) in [5, 5.41) is 2.98. The number of carbonyl (C=O) groups excluding carboxylic acids is 1. The molecule has 0 saturated heterocycles. The molecule has 0 bridgehead atoms. The molecule has 0 aliphatic carbocycles. The second kappa shape index (κ2) is 4.37. The molecular formula is C9H13NO2S. The summed E-state index contributed by atoms with van der Waals surface area (Å²) in [6.45, 7) is 4.06. The van der Waals surface area contributed by atoms with Gasteiger partial charge in [0.25, 0.3) is 0 Å². The van der Waals surface area contributed by atoms with Crippen LogP contribution in [0.25, 0.3) is 0 Å². The maximum Gasteiger partial charge on any atom is 0.335 e. The standard InChI is InChI=1S/C9H13NO2S/c1-3-12-9(11)7-4-5-8(13)10-6(7)2/h3-5H2,1-2H3,(H,10,13). The van der Waals surface area contributed by atoms with Crippen LogP contribution >= 0.6 is 12.2 Å². The largest absolute Gasteiger partial charge is 0.463 e. The highest BCUT2D eigenvalue weighted by Gasteiger charge is 2.19. The van der Waals surface area contributed by atoms with Crippen molar-refractivity contribution in [1.82, 2.24) is 5.32 Å². The van der Waals surface area contributed by atoms with Crippen LogP contribution in [-0.4, -0.2) is 17.6 Å². The van der Waals surface area contributed by atoms with Gasteiger partial charge in [0.15, 0.2) is 0 Å². The lowest BCUT2D eigenvalue weighted by atomic mass is 10.1. The van der Waals surface area contributed by atoms with Gasteiger partial charge in [-0.25, -0.2) is 4.79 Å². The van der Waals surface area contributed by atoms with Crippen LogP contribution < -0.4 is 5.32 Å². The minimum Gasteiger partial charge on any atom is -0.463 e. The molecule has 0 radical (unpaired) electrons.